The number of carbonyl (C=O) groups is 1. The second-order valence-electron chi connectivity index (χ2n) is 6.30. The Labute approximate surface area is 119 Å². The van der Waals surface area contributed by atoms with Crippen molar-refractivity contribution in [3.05, 3.63) is 12.7 Å². The Balaban J connectivity index is 2.16. The predicted octanol–water partition coefficient (Wildman–Crippen LogP) is 1.52. The molecule has 5 atom stereocenters. The lowest BCUT2D eigenvalue weighted by Crippen LogP contribution is -2.77. The topological polar surface area (TPSA) is 54.0 Å². The van der Waals surface area contributed by atoms with Gasteiger partial charge in [-0.1, -0.05) is 6.08 Å². The highest BCUT2D eigenvalue weighted by molar-refractivity contribution is 5.78. The highest BCUT2D eigenvalue weighted by Crippen LogP contribution is 2.73. The zero-order valence-corrected chi connectivity index (χ0v) is 12.5. The fourth-order valence-electron chi connectivity index (χ4n) is 4.77. The van der Waals surface area contributed by atoms with Crippen molar-refractivity contribution in [3.8, 4) is 0 Å². The molecule has 5 heteroatoms. The van der Waals surface area contributed by atoms with Gasteiger partial charge in [0.2, 0.25) is 0 Å². The van der Waals surface area contributed by atoms with Gasteiger partial charge in [-0.3, -0.25) is 4.79 Å². The average Bonchev–Trinajstić information content (AvgIpc) is 2.62. The number of carbonyl (C=O) groups excluding carboxylic acids is 1. The zero-order chi connectivity index (χ0) is 14.8. The van der Waals surface area contributed by atoms with Crippen molar-refractivity contribution < 1.29 is 23.7 Å². The first kappa shape index (κ1) is 14.0. The van der Waals surface area contributed by atoms with E-state index in [9.17, 15) is 4.79 Å². The van der Waals surface area contributed by atoms with Crippen molar-refractivity contribution in [3.63, 3.8) is 0 Å². The van der Waals surface area contributed by atoms with E-state index in [0.29, 0.717) is 6.61 Å². The summed E-state index contributed by atoms with van der Waals surface area (Å²) in [7, 11) is 2.97. The van der Waals surface area contributed by atoms with Crippen molar-refractivity contribution in [1.29, 1.82) is 0 Å². The normalized spacial score (nSPS) is 48.1. The lowest BCUT2D eigenvalue weighted by molar-refractivity contribution is -0.385. The summed E-state index contributed by atoms with van der Waals surface area (Å²) in [5.41, 5.74) is -1.01. The fourth-order valence-corrected chi connectivity index (χ4v) is 4.77. The average molecular weight is 282 g/mol. The first-order valence-electron chi connectivity index (χ1n) is 6.99. The van der Waals surface area contributed by atoms with Crippen LogP contribution in [0.2, 0.25) is 0 Å². The zero-order valence-electron chi connectivity index (χ0n) is 12.5. The smallest absolute Gasteiger partial charge is 0.315 e. The summed E-state index contributed by atoms with van der Waals surface area (Å²) in [6.45, 7) is 8.50. The maximum Gasteiger partial charge on any atom is 0.315 e. The fraction of sp³-hybridized carbons (Fsp3) is 0.800. The monoisotopic (exact) mass is 282 g/mol. The van der Waals surface area contributed by atoms with Gasteiger partial charge in [-0.25, -0.2) is 0 Å². The van der Waals surface area contributed by atoms with Gasteiger partial charge >= 0.3 is 5.97 Å². The SMILES string of the molecule is C=C[C@@]12[C@H](C(=O)OC)[C@@]3(OC)OCC[C@@H](OC1(C)C)[C@H]32. The van der Waals surface area contributed by atoms with Crippen LogP contribution in [0.4, 0.5) is 0 Å². The molecule has 0 amide bonds. The summed E-state index contributed by atoms with van der Waals surface area (Å²) in [5, 5.41) is 0. The Bertz CT molecular complexity index is 459. The van der Waals surface area contributed by atoms with Crippen LogP contribution in [0, 0.1) is 17.3 Å². The molecule has 5 nitrogen and oxygen atoms in total. The maximum absolute atomic E-state index is 12.4. The Morgan fingerprint density at radius 1 is 1.40 bits per heavy atom. The molecule has 3 rings (SSSR count). The molecule has 2 aliphatic heterocycles. The highest BCUT2D eigenvalue weighted by Gasteiger charge is 2.85. The lowest BCUT2D eigenvalue weighted by Gasteiger charge is -2.65. The Morgan fingerprint density at radius 2 is 2.10 bits per heavy atom. The minimum absolute atomic E-state index is 0.0228. The van der Waals surface area contributed by atoms with Crippen LogP contribution in [0.1, 0.15) is 20.3 Å². The molecule has 20 heavy (non-hydrogen) atoms. The number of methoxy groups -OCH3 is 2. The third-order valence-electron chi connectivity index (χ3n) is 5.51. The van der Waals surface area contributed by atoms with Gasteiger partial charge in [0.1, 0.15) is 5.92 Å². The summed E-state index contributed by atoms with van der Waals surface area (Å²) >= 11 is 0. The van der Waals surface area contributed by atoms with E-state index in [4.69, 9.17) is 18.9 Å². The lowest BCUT2D eigenvalue weighted by atomic mass is 9.43. The van der Waals surface area contributed by atoms with Crippen LogP contribution >= 0.6 is 0 Å². The summed E-state index contributed by atoms with van der Waals surface area (Å²) < 4.78 is 22.8. The summed E-state index contributed by atoms with van der Waals surface area (Å²) in [6.07, 6.45) is 2.67. The van der Waals surface area contributed by atoms with Crippen LogP contribution in [0.25, 0.3) is 0 Å². The van der Waals surface area contributed by atoms with E-state index < -0.39 is 22.7 Å². The van der Waals surface area contributed by atoms with Crippen molar-refractivity contribution >= 4 is 5.97 Å². The minimum Gasteiger partial charge on any atom is -0.469 e. The molecule has 0 radical (unpaired) electrons. The predicted molar refractivity (Wildman–Crippen MR) is 70.9 cm³/mol. The summed E-state index contributed by atoms with van der Waals surface area (Å²) in [4.78, 5) is 12.4. The Hall–Kier alpha value is -0.910. The standard InChI is InChI=1S/C15H22O5/c1-6-14-10-9(20-13(14,2)3)7-8-19-15(10,18-5)11(14)12(16)17-4/h6,9-11H,1,7-8H2,2-5H3/t9-,10+,11+,14-,15+/m1/s1. The second kappa shape index (κ2) is 4.06. The van der Waals surface area contributed by atoms with Crippen LogP contribution in [0.3, 0.4) is 0 Å². The van der Waals surface area contributed by atoms with Gasteiger partial charge in [0.15, 0.2) is 5.79 Å². The molecule has 0 aromatic rings. The minimum atomic E-state index is -0.946. The largest absolute Gasteiger partial charge is 0.469 e. The molecule has 0 aromatic carbocycles. The van der Waals surface area contributed by atoms with Gasteiger partial charge in [0, 0.05) is 12.5 Å². The van der Waals surface area contributed by atoms with E-state index in [-0.39, 0.29) is 18.0 Å². The quantitative estimate of drug-likeness (QED) is 0.580. The maximum atomic E-state index is 12.4. The summed E-state index contributed by atoms with van der Waals surface area (Å²) in [5.74, 6) is -1.85. The molecule has 0 bridgehead atoms. The van der Waals surface area contributed by atoms with E-state index in [1.54, 1.807) is 7.11 Å². The van der Waals surface area contributed by atoms with Gasteiger partial charge in [-0.2, -0.15) is 0 Å². The second-order valence-corrected chi connectivity index (χ2v) is 6.30. The van der Waals surface area contributed by atoms with Crippen LogP contribution < -0.4 is 0 Å². The molecule has 0 N–H and O–H groups in total. The number of hydrogen-bond acceptors (Lipinski definition) is 5. The molecule has 1 aliphatic carbocycles. The number of ether oxygens (including phenoxy) is 4. The van der Waals surface area contributed by atoms with Crippen molar-refractivity contribution in [1.82, 2.24) is 0 Å². The van der Waals surface area contributed by atoms with Crippen LogP contribution in [-0.2, 0) is 23.7 Å². The number of rotatable bonds is 3. The molecular weight excluding hydrogens is 260 g/mol. The van der Waals surface area contributed by atoms with E-state index in [0.717, 1.165) is 6.42 Å². The number of hydrogen-bond donors (Lipinski definition) is 0. The highest BCUT2D eigenvalue weighted by atomic mass is 16.7. The molecule has 2 saturated heterocycles. The van der Waals surface area contributed by atoms with Crippen LogP contribution in [0.15, 0.2) is 12.7 Å². The molecule has 0 unspecified atom stereocenters. The molecule has 2 heterocycles. The summed E-state index contributed by atoms with van der Waals surface area (Å²) in [6, 6.07) is 0. The third kappa shape index (κ3) is 1.23. The molecule has 0 aromatic heterocycles. The van der Waals surface area contributed by atoms with E-state index in [1.807, 2.05) is 19.9 Å². The molecule has 3 aliphatic rings. The molecule has 3 fully saturated rings. The van der Waals surface area contributed by atoms with Gasteiger partial charge in [-0.15, -0.1) is 6.58 Å². The Morgan fingerprint density at radius 3 is 2.65 bits per heavy atom. The van der Waals surface area contributed by atoms with E-state index in [1.165, 1.54) is 7.11 Å². The van der Waals surface area contributed by atoms with Gasteiger partial charge in [0.25, 0.3) is 0 Å². The van der Waals surface area contributed by atoms with Crippen LogP contribution in [0.5, 0.6) is 0 Å². The number of esters is 1. The molecule has 112 valence electrons. The van der Waals surface area contributed by atoms with Crippen molar-refractivity contribution in [2.45, 2.75) is 37.8 Å². The van der Waals surface area contributed by atoms with Crippen LogP contribution in [-0.4, -0.2) is 44.3 Å². The Kier molecular flexibility index (Phi) is 2.85. The molecule has 1 saturated carbocycles. The first-order chi connectivity index (χ1) is 9.41. The van der Waals surface area contributed by atoms with Gasteiger partial charge in [-0.05, 0) is 20.3 Å². The first-order valence-corrected chi connectivity index (χ1v) is 6.99. The third-order valence-corrected chi connectivity index (χ3v) is 5.51. The van der Waals surface area contributed by atoms with Gasteiger partial charge < -0.3 is 18.9 Å². The molecular formula is C15H22O5. The molecule has 0 spiro atoms. The van der Waals surface area contributed by atoms with Crippen molar-refractivity contribution in [2.75, 3.05) is 20.8 Å². The van der Waals surface area contributed by atoms with E-state index in [2.05, 4.69) is 6.58 Å². The van der Waals surface area contributed by atoms with Crippen molar-refractivity contribution in [2.24, 2.45) is 17.3 Å². The van der Waals surface area contributed by atoms with Gasteiger partial charge in [0.05, 0.1) is 31.3 Å². The van der Waals surface area contributed by atoms with E-state index >= 15 is 0 Å².